The third-order valence-electron chi connectivity index (χ3n) is 7.91. The first-order valence-corrected chi connectivity index (χ1v) is 14.9. The van der Waals surface area contributed by atoms with Crippen LogP contribution in [0.15, 0.2) is 48.5 Å². The monoisotopic (exact) mass is 551 g/mol. The zero-order chi connectivity index (χ0) is 28.3. The molecule has 1 amide bonds. The highest BCUT2D eigenvalue weighted by atomic mass is 16.7. The second-order valence-corrected chi connectivity index (χ2v) is 10.7. The predicted octanol–water partition coefficient (Wildman–Crippen LogP) is 4.58. The van der Waals surface area contributed by atoms with Crippen LogP contribution in [0.5, 0.6) is 11.5 Å². The second kappa shape index (κ2) is 15.1. The Kier molecular flexibility index (Phi) is 11.2. The molecule has 0 aliphatic carbocycles. The minimum absolute atomic E-state index is 0.129. The summed E-state index contributed by atoms with van der Waals surface area (Å²) in [6, 6.07) is 15.9. The van der Waals surface area contributed by atoms with Crippen LogP contribution in [0.25, 0.3) is 0 Å². The van der Waals surface area contributed by atoms with Crippen LogP contribution >= 0.6 is 0 Å². The summed E-state index contributed by atoms with van der Waals surface area (Å²) in [6.45, 7) is 10.3. The smallest absolute Gasteiger partial charge is 0.311 e. The molecule has 2 aliphatic rings. The van der Waals surface area contributed by atoms with Gasteiger partial charge in [0.25, 0.3) is 0 Å². The van der Waals surface area contributed by atoms with Crippen molar-refractivity contribution in [2.24, 2.45) is 5.92 Å². The van der Waals surface area contributed by atoms with Crippen LogP contribution in [0.3, 0.4) is 0 Å². The summed E-state index contributed by atoms with van der Waals surface area (Å²) in [7, 11) is 0. The van der Waals surface area contributed by atoms with Crippen LogP contribution in [-0.4, -0.2) is 73.8 Å². The zero-order valence-electron chi connectivity index (χ0n) is 24.3. The number of nitrogens with one attached hydrogen (secondary N) is 1. The van der Waals surface area contributed by atoms with Crippen molar-refractivity contribution in [3.63, 3.8) is 0 Å². The lowest BCUT2D eigenvalue weighted by molar-refractivity contribution is -0.149. The van der Waals surface area contributed by atoms with Gasteiger partial charge in [0.2, 0.25) is 12.7 Å². The summed E-state index contributed by atoms with van der Waals surface area (Å²) in [5, 5.41) is 3.57. The number of esters is 1. The fraction of sp³-hybridized carbons (Fsp3) is 0.562. The number of rotatable bonds is 15. The topological polar surface area (TPSA) is 80.3 Å². The molecule has 3 atom stereocenters. The van der Waals surface area contributed by atoms with Gasteiger partial charge in [-0.2, -0.15) is 0 Å². The van der Waals surface area contributed by atoms with Crippen molar-refractivity contribution in [3.05, 3.63) is 59.7 Å². The largest absolute Gasteiger partial charge is 0.466 e. The van der Waals surface area contributed by atoms with E-state index in [1.54, 1.807) is 0 Å². The maximum atomic E-state index is 13.7. The summed E-state index contributed by atoms with van der Waals surface area (Å²) in [5.41, 5.74) is 2.17. The van der Waals surface area contributed by atoms with Crippen LogP contribution in [0, 0.1) is 5.92 Å². The van der Waals surface area contributed by atoms with E-state index in [-0.39, 0.29) is 37.2 Å². The minimum Gasteiger partial charge on any atom is -0.466 e. The molecule has 4 rings (SSSR count). The van der Waals surface area contributed by atoms with Crippen molar-refractivity contribution in [3.8, 4) is 11.5 Å². The van der Waals surface area contributed by atoms with E-state index >= 15 is 0 Å². The summed E-state index contributed by atoms with van der Waals surface area (Å²) in [5.74, 6) is 0.758. The highest BCUT2D eigenvalue weighted by molar-refractivity contribution is 5.79. The van der Waals surface area contributed by atoms with Gasteiger partial charge >= 0.3 is 5.97 Å². The molecule has 8 heteroatoms. The molecule has 0 radical (unpaired) electrons. The Morgan fingerprint density at radius 1 is 1.00 bits per heavy atom. The standard InChI is InChI=1S/C32H45N3O5/c1-4-7-16-34(17-8-5-2)30(36)22-35-21-26(25-14-15-28-29(18-25)40-23-39-28)31(32(37)38-6-3)27(35)20-33-19-24-12-10-9-11-13-24/h9-15,18,26-27,31,33H,4-8,16-17,19-23H2,1-3H3/t26-,27-,31+/m1/s1. The molecule has 2 aromatic carbocycles. The fourth-order valence-corrected chi connectivity index (χ4v) is 5.74. The van der Waals surface area contributed by atoms with Crippen molar-refractivity contribution in [2.45, 2.75) is 65.0 Å². The third-order valence-corrected chi connectivity index (χ3v) is 7.91. The molecular formula is C32H45N3O5. The van der Waals surface area contributed by atoms with E-state index in [4.69, 9.17) is 14.2 Å². The number of unbranched alkanes of at least 4 members (excludes halogenated alkanes) is 2. The van der Waals surface area contributed by atoms with Gasteiger partial charge in [0, 0.05) is 44.7 Å². The number of hydrogen-bond donors (Lipinski definition) is 1. The Hall–Kier alpha value is -3.10. The van der Waals surface area contributed by atoms with Crippen LogP contribution in [0.2, 0.25) is 0 Å². The number of fused-ring (bicyclic) bond motifs is 1. The number of hydrogen-bond acceptors (Lipinski definition) is 7. The van der Waals surface area contributed by atoms with Crippen molar-refractivity contribution in [1.29, 1.82) is 0 Å². The molecule has 8 nitrogen and oxygen atoms in total. The average molecular weight is 552 g/mol. The van der Waals surface area contributed by atoms with Crippen LogP contribution < -0.4 is 14.8 Å². The Morgan fingerprint density at radius 3 is 2.42 bits per heavy atom. The summed E-state index contributed by atoms with van der Waals surface area (Å²) >= 11 is 0. The Morgan fingerprint density at radius 2 is 1.73 bits per heavy atom. The Balaban J connectivity index is 1.60. The van der Waals surface area contributed by atoms with Crippen LogP contribution in [-0.2, 0) is 20.9 Å². The van der Waals surface area contributed by atoms with Gasteiger partial charge in [-0.3, -0.25) is 14.5 Å². The minimum atomic E-state index is -0.420. The normalized spacial score (nSPS) is 20.0. The highest BCUT2D eigenvalue weighted by Crippen LogP contribution is 2.42. The van der Waals surface area contributed by atoms with E-state index in [0.717, 1.165) is 44.3 Å². The summed E-state index contributed by atoms with van der Waals surface area (Å²) in [6.07, 6.45) is 4.07. The molecule has 1 fully saturated rings. The first kappa shape index (κ1) is 29.9. The zero-order valence-corrected chi connectivity index (χ0v) is 24.3. The third kappa shape index (κ3) is 7.55. The maximum Gasteiger partial charge on any atom is 0.311 e. The summed E-state index contributed by atoms with van der Waals surface area (Å²) < 4.78 is 16.8. The van der Waals surface area contributed by atoms with Gasteiger partial charge < -0.3 is 24.4 Å². The molecule has 0 bridgehead atoms. The Labute approximate surface area is 239 Å². The predicted molar refractivity (Wildman–Crippen MR) is 155 cm³/mol. The van der Waals surface area contributed by atoms with E-state index in [1.165, 1.54) is 5.56 Å². The van der Waals surface area contributed by atoms with E-state index in [0.29, 0.717) is 37.7 Å². The van der Waals surface area contributed by atoms with Gasteiger partial charge in [0.05, 0.1) is 19.1 Å². The lowest BCUT2D eigenvalue weighted by Gasteiger charge is -2.30. The van der Waals surface area contributed by atoms with E-state index in [1.807, 2.05) is 48.2 Å². The molecule has 40 heavy (non-hydrogen) atoms. The molecule has 2 heterocycles. The summed E-state index contributed by atoms with van der Waals surface area (Å²) in [4.78, 5) is 31.4. The van der Waals surface area contributed by atoms with Crippen molar-refractivity contribution in [2.75, 3.05) is 46.1 Å². The molecule has 2 aliphatic heterocycles. The molecule has 1 saturated heterocycles. The number of amides is 1. The molecule has 218 valence electrons. The van der Waals surface area contributed by atoms with Crippen molar-refractivity contribution in [1.82, 2.24) is 15.1 Å². The van der Waals surface area contributed by atoms with Gasteiger partial charge in [-0.25, -0.2) is 0 Å². The molecule has 0 aromatic heterocycles. The molecule has 0 saturated carbocycles. The maximum absolute atomic E-state index is 13.7. The molecule has 1 N–H and O–H groups in total. The van der Waals surface area contributed by atoms with Crippen molar-refractivity contribution >= 4 is 11.9 Å². The molecule has 0 unspecified atom stereocenters. The fourth-order valence-electron chi connectivity index (χ4n) is 5.74. The van der Waals surface area contributed by atoms with Gasteiger partial charge in [-0.1, -0.05) is 63.1 Å². The number of nitrogens with zero attached hydrogens (tertiary/aromatic N) is 2. The van der Waals surface area contributed by atoms with Gasteiger partial charge in [-0.15, -0.1) is 0 Å². The van der Waals surface area contributed by atoms with E-state index in [9.17, 15) is 9.59 Å². The number of ether oxygens (including phenoxy) is 3. The Bertz CT molecular complexity index is 1090. The number of likely N-dealkylation sites (tertiary alicyclic amines) is 1. The molecular weight excluding hydrogens is 506 g/mol. The van der Waals surface area contributed by atoms with Gasteiger partial charge in [0.1, 0.15) is 0 Å². The number of carbonyl (C=O) groups is 2. The first-order valence-electron chi connectivity index (χ1n) is 14.9. The van der Waals surface area contributed by atoms with Crippen LogP contribution in [0.1, 0.15) is 63.5 Å². The highest BCUT2D eigenvalue weighted by Gasteiger charge is 2.48. The number of benzene rings is 2. The second-order valence-electron chi connectivity index (χ2n) is 10.7. The van der Waals surface area contributed by atoms with E-state index < -0.39 is 5.92 Å². The SMILES string of the molecule is CCCCN(CCCC)C(=O)CN1C[C@H](c2ccc3c(c2)OCO3)[C@H](C(=O)OCC)[C@H]1CNCc1ccccc1. The molecule has 0 spiro atoms. The molecule has 2 aromatic rings. The quantitative estimate of drug-likeness (QED) is 0.325. The average Bonchev–Trinajstić information content (AvgIpc) is 3.58. The van der Waals surface area contributed by atoms with Gasteiger partial charge in [0.15, 0.2) is 11.5 Å². The number of carbonyl (C=O) groups excluding carboxylic acids is 2. The van der Waals surface area contributed by atoms with Crippen LogP contribution in [0.4, 0.5) is 0 Å². The lowest BCUT2D eigenvalue weighted by Crippen LogP contribution is -2.48. The lowest BCUT2D eigenvalue weighted by atomic mass is 9.85. The van der Waals surface area contributed by atoms with E-state index in [2.05, 4.69) is 36.2 Å². The van der Waals surface area contributed by atoms with Gasteiger partial charge in [-0.05, 0) is 43.0 Å². The van der Waals surface area contributed by atoms with Crippen molar-refractivity contribution < 1.29 is 23.8 Å². The first-order chi connectivity index (χ1) is 19.5.